The monoisotopic (exact) mass is 233 g/mol. The Kier molecular flexibility index (Phi) is 3.62. The van der Waals surface area contributed by atoms with Crippen LogP contribution in [0.2, 0.25) is 5.02 Å². The zero-order chi connectivity index (χ0) is 10.6. The molecule has 0 aliphatic rings. The van der Waals surface area contributed by atoms with E-state index in [0.29, 0.717) is 11.3 Å². The molecule has 0 unspecified atom stereocenters. The second-order valence-electron chi connectivity index (χ2n) is 2.48. The lowest BCUT2D eigenvalue weighted by Crippen LogP contribution is -2.25. The number of nitrogens with one attached hydrogen (secondary N) is 1. The van der Waals surface area contributed by atoms with Crippen LogP contribution in [0.25, 0.3) is 0 Å². The first-order valence-electron chi connectivity index (χ1n) is 3.75. The smallest absolute Gasteiger partial charge is 0.241 e. The van der Waals surface area contributed by atoms with Gasteiger partial charge in [0.25, 0.3) is 0 Å². The lowest BCUT2D eigenvalue weighted by Gasteiger charge is -2.03. The minimum atomic E-state index is -3.61. The molecular weight excluding hydrogens is 226 g/mol. The summed E-state index contributed by atoms with van der Waals surface area (Å²) in [6, 6.07) is 5.81. The summed E-state index contributed by atoms with van der Waals surface area (Å²) in [5.41, 5.74) is 0. The molecular formula is C8H8ClNO3S. The van der Waals surface area contributed by atoms with Gasteiger partial charge in [-0.25, -0.2) is 13.1 Å². The van der Waals surface area contributed by atoms with Crippen molar-refractivity contribution in [1.82, 2.24) is 4.72 Å². The largest absolute Gasteiger partial charge is 0.302 e. The van der Waals surface area contributed by atoms with Gasteiger partial charge in [0.15, 0.2) is 0 Å². The van der Waals surface area contributed by atoms with Gasteiger partial charge < -0.3 is 4.79 Å². The van der Waals surface area contributed by atoms with E-state index in [1.54, 1.807) is 6.07 Å². The van der Waals surface area contributed by atoms with Crippen molar-refractivity contribution in [3.05, 3.63) is 29.3 Å². The number of hydrogen-bond donors (Lipinski definition) is 1. The third kappa shape index (κ3) is 2.80. The fourth-order valence-electron chi connectivity index (χ4n) is 0.861. The van der Waals surface area contributed by atoms with Gasteiger partial charge in [0, 0.05) is 5.02 Å². The van der Waals surface area contributed by atoms with Crippen molar-refractivity contribution >= 4 is 27.9 Å². The van der Waals surface area contributed by atoms with Crippen molar-refractivity contribution in [3.63, 3.8) is 0 Å². The number of halogens is 1. The molecule has 0 aromatic heterocycles. The molecule has 0 heterocycles. The summed E-state index contributed by atoms with van der Waals surface area (Å²) in [6.45, 7) is -0.241. The van der Waals surface area contributed by atoms with Crippen molar-refractivity contribution in [3.8, 4) is 0 Å². The Balaban J connectivity index is 2.98. The number of sulfonamides is 1. The summed E-state index contributed by atoms with van der Waals surface area (Å²) in [5, 5.41) is 0.332. The molecule has 0 amide bonds. The van der Waals surface area contributed by atoms with Crippen molar-refractivity contribution in [2.75, 3.05) is 6.54 Å². The van der Waals surface area contributed by atoms with E-state index in [-0.39, 0.29) is 11.4 Å². The highest BCUT2D eigenvalue weighted by atomic mass is 35.5. The number of carbonyl (C=O) groups is 1. The number of hydrogen-bond acceptors (Lipinski definition) is 3. The normalized spacial score (nSPS) is 11.2. The Bertz CT molecular complexity index is 430. The number of carbonyl (C=O) groups excluding carboxylic acids is 1. The minimum Gasteiger partial charge on any atom is -0.302 e. The topological polar surface area (TPSA) is 63.2 Å². The van der Waals surface area contributed by atoms with Gasteiger partial charge in [0.05, 0.1) is 11.4 Å². The average molecular weight is 234 g/mol. The molecule has 4 nitrogen and oxygen atoms in total. The van der Waals surface area contributed by atoms with E-state index in [4.69, 9.17) is 11.6 Å². The molecule has 0 aliphatic heterocycles. The number of rotatable bonds is 4. The Hall–Kier alpha value is -0.910. The number of benzene rings is 1. The van der Waals surface area contributed by atoms with E-state index in [1.165, 1.54) is 18.2 Å². The van der Waals surface area contributed by atoms with E-state index in [0.717, 1.165) is 0 Å². The zero-order valence-corrected chi connectivity index (χ0v) is 8.68. The summed E-state index contributed by atoms with van der Waals surface area (Å²) in [6.07, 6.45) is 0.474. The summed E-state index contributed by atoms with van der Waals surface area (Å²) in [4.78, 5) is 10.0. The SMILES string of the molecule is O=CCNS(=O)(=O)c1cccc(Cl)c1. The van der Waals surface area contributed by atoms with Crippen LogP contribution in [0.15, 0.2) is 29.2 Å². The van der Waals surface area contributed by atoms with E-state index in [1.807, 2.05) is 0 Å². The van der Waals surface area contributed by atoms with Gasteiger partial charge in [-0.1, -0.05) is 17.7 Å². The molecule has 1 aromatic rings. The molecule has 0 atom stereocenters. The zero-order valence-electron chi connectivity index (χ0n) is 7.10. The molecule has 0 bridgehead atoms. The quantitative estimate of drug-likeness (QED) is 0.783. The fraction of sp³-hybridized carbons (Fsp3) is 0.125. The van der Waals surface area contributed by atoms with Crippen LogP contribution in [0.4, 0.5) is 0 Å². The van der Waals surface area contributed by atoms with E-state index < -0.39 is 10.0 Å². The van der Waals surface area contributed by atoms with Crippen molar-refractivity contribution in [1.29, 1.82) is 0 Å². The van der Waals surface area contributed by atoms with Crippen LogP contribution in [0.5, 0.6) is 0 Å². The molecule has 0 fully saturated rings. The summed E-state index contributed by atoms with van der Waals surface area (Å²) in [7, 11) is -3.61. The second kappa shape index (κ2) is 4.54. The average Bonchev–Trinajstić information content (AvgIpc) is 2.15. The van der Waals surface area contributed by atoms with Gasteiger partial charge in [0.1, 0.15) is 6.29 Å². The Morgan fingerprint density at radius 2 is 2.14 bits per heavy atom. The molecule has 1 rings (SSSR count). The third-order valence-electron chi connectivity index (χ3n) is 1.46. The molecule has 0 spiro atoms. The number of aldehydes is 1. The molecule has 0 saturated heterocycles. The van der Waals surface area contributed by atoms with Crippen LogP contribution in [0.3, 0.4) is 0 Å². The van der Waals surface area contributed by atoms with Crippen molar-refractivity contribution < 1.29 is 13.2 Å². The Labute approximate surface area is 86.9 Å². The van der Waals surface area contributed by atoms with Gasteiger partial charge in [-0.05, 0) is 18.2 Å². The molecule has 6 heteroatoms. The highest BCUT2D eigenvalue weighted by molar-refractivity contribution is 7.89. The molecule has 1 aromatic carbocycles. The minimum absolute atomic E-state index is 0.0480. The van der Waals surface area contributed by atoms with Gasteiger partial charge in [-0.3, -0.25) is 0 Å². The maximum atomic E-state index is 11.4. The molecule has 1 N–H and O–H groups in total. The lowest BCUT2D eigenvalue weighted by atomic mass is 10.4. The predicted octanol–water partition coefficient (Wildman–Crippen LogP) is 0.817. The maximum absolute atomic E-state index is 11.4. The highest BCUT2D eigenvalue weighted by Gasteiger charge is 2.12. The maximum Gasteiger partial charge on any atom is 0.241 e. The first kappa shape index (κ1) is 11.2. The molecule has 14 heavy (non-hydrogen) atoms. The van der Waals surface area contributed by atoms with Gasteiger partial charge in [-0.15, -0.1) is 0 Å². The van der Waals surface area contributed by atoms with Gasteiger partial charge in [0.2, 0.25) is 10.0 Å². The predicted molar refractivity (Wildman–Crippen MR) is 52.7 cm³/mol. The van der Waals surface area contributed by atoms with E-state index in [2.05, 4.69) is 4.72 Å². The van der Waals surface area contributed by atoms with Crippen LogP contribution in [-0.4, -0.2) is 21.2 Å². The molecule has 76 valence electrons. The van der Waals surface area contributed by atoms with Crippen LogP contribution >= 0.6 is 11.6 Å². The summed E-state index contributed by atoms with van der Waals surface area (Å²) < 4.78 is 24.9. The first-order valence-corrected chi connectivity index (χ1v) is 5.61. The summed E-state index contributed by atoms with van der Waals surface area (Å²) in [5.74, 6) is 0. The van der Waals surface area contributed by atoms with E-state index in [9.17, 15) is 13.2 Å². The van der Waals surface area contributed by atoms with Crippen LogP contribution in [0.1, 0.15) is 0 Å². The summed E-state index contributed by atoms with van der Waals surface area (Å²) >= 11 is 5.62. The van der Waals surface area contributed by atoms with Gasteiger partial charge >= 0.3 is 0 Å². The van der Waals surface area contributed by atoms with Crippen LogP contribution < -0.4 is 4.72 Å². The lowest BCUT2D eigenvalue weighted by molar-refractivity contribution is -0.106. The first-order chi connectivity index (χ1) is 6.56. The highest BCUT2D eigenvalue weighted by Crippen LogP contribution is 2.14. The molecule has 0 radical (unpaired) electrons. The van der Waals surface area contributed by atoms with Crippen LogP contribution in [-0.2, 0) is 14.8 Å². The Morgan fingerprint density at radius 3 is 2.71 bits per heavy atom. The Morgan fingerprint density at radius 1 is 1.43 bits per heavy atom. The third-order valence-corrected chi connectivity index (χ3v) is 3.12. The molecule has 0 saturated carbocycles. The van der Waals surface area contributed by atoms with Crippen molar-refractivity contribution in [2.24, 2.45) is 0 Å². The fourth-order valence-corrected chi connectivity index (χ4v) is 2.11. The standard InChI is InChI=1S/C8H8ClNO3S/c9-7-2-1-3-8(6-7)14(12,13)10-4-5-11/h1-3,5-6,10H,4H2. The van der Waals surface area contributed by atoms with E-state index >= 15 is 0 Å². The van der Waals surface area contributed by atoms with Crippen LogP contribution in [0, 0.1) is 0 Å². The van der Waals surface area contributed by atoms with Crippen molar-refractivity contribution in [2.45, 2.75) is 4.90 Å². The molecule has 0 aliphatic carbocycles. The van der Waals surface area contributed by atoms with Gasteiger partial charge in [-0.2, -0.15) is 0 Å². The second-order valence-corrected chi connectivity index (χ2v) is 4.68.